The smallest absolute Gasteiger partial charge is 0.336 e. The summed E-state index contributed by atoms with van der Waals surface area (Å²) in [6.45, 7) is 4.30. The minimum absolute atomic E-state index is 0.315. The molecule has 0 saturated heterocycles. The molecule has 0 fully saturated rings. The molecule has 0 radical (unpaired) electrons. The largest absolute Gasteiger partial charge is 0.494 e. The van der Waals surface area contributed by atoms with Gasteiger partial charge in [-0.25, -0.2) is 4.79 Å². The summed E-state index contributed by atoms with van der Waals surface area (Å²) in [5.41, 5.74) is 0.315. The van der Waals surface area contributed by atoms with Crippen molar-refractivity contribution in [2.75, 3.05) is 6.61 Å². The Morgan fingerprint density at radius 3 is 2.89 bits per heavy atom. The summed E-state index contributed by atoms with van der Waals surface area (Å²) >= 11 is 0. The molecule has 2 aromatic rings. The van der Waals surface area contributed by atoms with Crippen LogP contribution in [0.15, 0.2) is 49.1 Å². The standard InChI is InChI=1S/C16H16O3/c1-2-3-4-10-19-13-8-9-14-12(11-13)6-5-7-15(14)16(17)18/h2,5-9,11H,1,3-4,10H2,(H,17,18). The third-order valence-corrected chi connectivity index (χ3v) is 2.90. The molecule has 0 aliphatic carbocycles. The molecule has 0 spiro atoms. The number of hydrogen-bond acceptors (Lipinski definition) is 2. The molecule has 2 rings (SSSR count). The number of benzene rings is 2. The van der Waals surface area contributed by atoms with Crippen LogP contribution in [-0.4, -0.2) is 17.7 Å². The number of hydrogen-bond donors (Lipinski definition) is 1. The first kappa shape index (κ1) is 13.1. The van der Waals surface area contributed by atoms with Gasteiger partial charge in [0, 0.05) is 0 Å². The first-order valence-electron chi connectivity index (χ1n) is 6.22. The number of carbonyl (C=O) groups is 1. The number of fused-ring (bicyclic) bond motifs is 1. The van der Waals surface area contributed by atoms with Crippen LogP contribution in [0.4, 0.5) is 0 Å². The first-order chi connectivity index (χ1) is 9.22. The summed E-state index contributed by atoms with van der Waals surface area (Å²) in [5, 5.41) is 10.7. The lowest BCUT2D eigenvalue weighted by Gasteiger charge is -2.08. The molecular weight excluding hydrogens is 240 g/mol. The Kier molecular flexibility index (Phi) is 4.18. The molecule has 0 heterocycles. The highest BCUT2D eigenvalue weighted by Crippen LogP contribution is 2.24. The fourth-order valence-electron chi connectivity index (χ4n) is 1.96. The molecule has 3 nitrogen and oxygen atoms in total. The third-order valence-electron chi connectivity index (χ3n) is 2.90. The van der Waals surface area contributed by atoms with Crippen LogP contribution in [0.3, 0.4) is 0 Å². The van der Waals surface area contributed by atoms with Crippen molar-refractivity contribution in [1.29, 1.82) is 0 Å². The fourth-order valence-corrected chi connectivity index (χ4v) is 1.96. The van der Waals surface area contributed by atoms with E-state index in [1.165, 1.54) is 0 Å². The zero-order valence-electron chi connectivity index (χ0n) is 10.6. The molecule has 0 bridgehead atoms. The van der Waals surface area contributed by atoms with Crippen molar-refractivity contribution in [2.45, 2.75) is 12.8 Å². The normalized spacial score (nSPS) is 10.3. The van der Waals surface area contributed by atoms with E-state index in [1.807, 2.05) is 24.3 Å². The maximum Gasteiger partial charge on any atom is 0.336 e. The molecule has 0 aromatic heterocycles. The Hall–Kier alpha value is -2.29. The van der Waals surface area contributed by atoms with Crippen LogP contribution in [0.1, 0.15) is 23.2 Å². The van der Waals surface area contributed by atoms with Gasteiger partial charge in [-0.05, 0) is 47.9 Å². The number of carboxylic acids is 1. The van der Waals surface area contributed by atoms with Gasteiger partial charge in [-0.3, -0.25) is 0 Å². The van der Waals surface area contributed by atoms with Crippen molar-refractivity contribution < 1.29 is 14.6 Å². The summed E-state index contributed by atoms with van der Waals surface area (Å²) in [6, 6.07) is 10.7. The van der Waals surface area contributed by atoms with Gasteiger partial charge in [0.15, 0.2) is 0 Å². The van der Waals surface area contributed by atoms with Crippen molar-refractivity contribution >= 4 is 16.7 Å². The van der Waals surface area contributed by atoms with Gasteiger partial charge in [-0.1, -0.05) is 18.2 Å². The molecule has 0 aliphatic rings. The molecule has 0 amide bonds. The Morgan fingerprint density at radius 1 is 1.32 bits per heavy atom. The van der Waals surface area contributed by atoms with Crippen LogP contribution < -0.4 is 4.74 Å². The summed E-state index contributed by atoms with van der Waals surface area (Å²) in [5.74, 6) is -0.149. The van der Waals surface area contributed by atoms with Crippen molar-refractivity contribution in [3.05, 3.63) is 54.6 Å². The monoisotopic (exact) mass is 256 g/mol. The van der Waals surface area contributed by atoms with Crippen LogP contribution in [0.5, 0.6) is 5.75 Å². The highest BCUT2D eigenvalue weighted by molar-refractivity contribution is 6.03. The van der Waals surface area contributed by atoms with Crippen molar-refractivity contribution in [3.63, 3.8) is 0 Å². The van der Waals surface area contributed by atoms with E-state index in [4.69, 9.17) is 9.84 Å². The van der Waals surface area contributed by atoms with E-state index < -0.39 is 5.97 Å². The summed E-state index contributed by atoms with van der Waals surface area (Å²) < 4.78 is 5.62. The SMILES string of the molecule is C=CCCCOc1ccc2c(C(=O)O)cccc2c1. The first-order valence-corrected chi connectivity index (χ1v) is 6.22. The number of ether oxygens (including phenoxy) is 1. The molecule has 0 atom stereocenters. The maximum absolute atomic E-state index is 11.1. The molecule has 19 heavy (non-hydrogen) atoms. The maximum atomic E-state index is 11.1. The van der Waals surface area contributed by atoms with Gasteiger partial charge < -0.3 is 9.84 Å². The Labute approximate surface area is 112 Å². The second-order valence-corrected chi connectivity index (χ2v) is 4.27. The van der Waals surface area contributed by atoms with E-state index in [2.05, 4.69) is 6.58 Å². The molecule has 0 aliphatic heterocycles. The van der Waals surface area contributed by atoms with E-state index in [9.17, 15) is 4.79 Å². The fraction of sp³-hybridized carbons (Fsp3) is 0.188. The molecule has 0 saturated carbocycles. The van der Waals surface area contributed by atoms with Gasteiger partial charge in [-0.15, -0.1) is 6.58 Å². The van der Waals surface area contributed by atoms with Crippen molar-refractivity contribution in [1.82, 2.24) is 0 Å². The molecule has 98 valence electrons. The lowest BCUT2D eigenvalue weighted by molar-refractivity contribution is 0.0699. The van der Waals surface area contributed by atoms with Gasteiger partial charge >= 0.3 is 5.97 Å². The number of allylic oxidation sites excluding steroid dienone is 1. The average molecular weight is 256 g/mol. The van der Waals surface area contributed by atoms with Crippen LogP contribution in [0.2, 0.25) is 0 Å². The number of rotatable bonds is 6. The van der Waals surface area contributed by atoms with Crippen LogP contribution in [-0.2, 0) is 0 Å². The van der Waals surface area contributed by atoms with E-state index in [1.54, 1.807) is 18.2 Å². The Balaban J connectivity index is 2.21. The summed E-state index contributed by atoms with van der Waals surface area (Å²) in [6.07, 6.45) is 3.72. The van der Waals surface area contributed by atoms with Gasteiger partial charge in [0.2, 0.25) is 0 Å². The lowest BCUT2D eigenvalue weighted by Crippen LogP contribution is -1.99. The van der Waals surface area contributed by atoms with E-state index in [-0.39, 0.29) is 0 Å². The van der Waals surface area contributed by atoms with Gasteiger partial charge in [-0.2, -0.15) is 0 Å². The topological polar surface area (TPSA) is 46.5 Å². The second kappa shape index (κ2) is 6.05. The van der Waals surface area contributed by atoms with Crippen LogP contribution in [0, 0.1) is 0 Å². The Bertz CT molecular complexity index is 602. The van der Waals surface area contributed by atoms with Crippen LogP contribution >= 0.6 is 0 Å². The predicted molar refractivity (Wildman–Crippen MR) is 75.8 cm³/mol. The van der Waals surface area contributed by atoms with Gasteiger partial charge in [0.25, 0.3) is 0 Å². The molecule has 0 unspecified atom stereocenters. The van der Waals surface area contributed by atoms with E-state index >= 15 is 0 Å². The van der Waals surface area contributed by atoms with Crippen molar-refractivity contribution in [2.24, 2.45) is 0 Å². The Morgan fingerprint density at radius 2 is 2.16 bits per heavy atom. The average Bonchev–Trinajstić information content (AvgIpc) is 2.42. The van der Waals surface area contributed by atoms with Gasteiger partial charge in [0.05, 0.1) is 12.2 Å². The molecular formula is C16H16O3. The van der Waals surface area contributed by atoms with Gasteiger partial charge in [0.1, 0.15) is 5.75 Å². The minimum atomic E-state index is -0.912. The van der Waals surface area contributed by atoms with E-state index in [0.717, 1.165) is 29.4 Å². The predicted octanol–water partition coefficient (Wildman–Crippen LogP) is 3.88. The molecule has 3 heteroatoms. The summed E-state index contributed by atoms with van der Waals surface area (Å²) in [4.78, 5) is 11.1. The summed E-state index contributed by atoms with van der Waals surface area (Å²) in [7, 11) is 0. The highest BCUT2D eigenvalue weighted by atomic mass is 16.5. The number of carboxylic acid groups (broad SMARTS) is 1. The minimum Gasteiger partial charge on any atom is -0.494 e. The van der Waals surface area contributed by atoms with Crippen molar-refractivity contribution in [3.8, 4) is 5.75 Å². The number of unbranched alkanes of at least 4 members (excludes halogenated alkanes) is 1. The lowest BCUT2D eigenvalue weighted by atomic mass is 10.0. The third kappa shape index (κ3) is 3.13. The molecule has 2 aromatic carbocycles. The van der Waals surface area contributed by atoms with E-state index in [0.29, 0.717) is 12.2 Å². The highest BCUT2D eigenvalue weighted by Gasteiger charge is 2.08. The second-order valence-electron chi connectivity index (χ2n) is 4.27. The van der Waals surface area contributed by atoms with Crippen LogP contribution in [0.25, 0.3) is 10.8 Å². The zero-order valence-corrected chi connectivity index (χ0v) is 10.6. The zero-order chi connectivity index (χ0) is 13.7. The molecule has 1 N–H and O–H groups in total. The quantitative estimate of drug-likeness (QED) is 0.630. The number of aromatic carboxylic acids is 1.